The molecule has 0 aromatic carbocycles. The van der Waals surface area contributed by atoms with E-state index in [-0.39, 0.29) is 18.3 Å². The first-order valence-corrected chi connectivity index (χ1v) is 15.9. The molecule has 0 spiro atoms. The van der Waals surface area contributed by atoms with Gasteiger partial charge >= 0.3 is 5.97 Å². The zero-order chi connectivity index (χ0) is 27.9. The second kappa shape index (κ2) is 11.6. The third-order valence-electron chi connectivity index (χ3n) is 7.62. The van der Waals surface area contributed by atoms with Crippen LogP contribution in [0.4, 0.5) is 0 Å². The number of hydrogen-bond acceptors (Lipinski definition) is 11. The zero-order valence-electron chi connectivity index (χ0n) is 23.1. The van der Waals surface area contributed by atoms with Gasteiger partial charge in [0, 0.05) is 13.5 Å². The Hall–Kier alpha value is -0.383. The number of alkyl halides is 1. The van der Waals surface area contributed by atoms with E-state index in [4.69, 9.17) is 49.2 Å². The Morgan fingerprint density at radius 3 is 2.35 bits per heavy atom. The van der Waals surface area contributed by atoms with Gasteiger partial charge in [-0.1, -0.05) is 20.8 Å². The van der Waals surface area contributed by atoms with E-state index in [0.29, 0.717) is 0 Å². The predicted molar refractivity (Wildman–Crippen MR) is 134 cm³/mol. The summed E-state index contributed by atoms with van der Waals surface area (Å²) >= 11 is 6.29. The lowest BCUT2D eigenvalue weighted by atomic mass is 9.88. The van der Waals surface area contributed by atoms with Crippen LogP contribution in [-0.4, -0.2) is 106 Å². The molecule has 0 amide bonds. The Morgan fingerprint density at radius 2 is 1.78 bits per heavy atom. The molecule has 2 N–H and O–H groups in total. The van der Waals surface area contributed by atoms with Gasteiger partial charge in [-0.2, -0.15) is 0 Å². The van der Waals surface area contributed by atoms with Gasteiger partial charge < -0.3 is 47.8 Å². The molecule has 0 bridgehead atoms. The summed E-state index contributed by atoms with van der Waals surface area (Å²) in [6.07, 6.45) is -7.17. The molecule has 1 unspecified atom stereocenters. The Kier molecular flexibility index (Phi) is 9.78. The van der Waals surface area contributed by atoms with Gasteiger partial charge in [0.15, 0.2) is 26.7 Å². The number of carbonyl (C=O) groups is 1. The van der Waals surface area contributed by atoms with Crippen molar-refractivity contribution in [3.8, 4) is 0 Å². The van der Waals surface area contributed by atoms with Gasteiger partial charge in [0.1, 0.15) is 42.5 Å². The molecule has 0 saturated carbocycles. The second-order valence-electron chi connectivity index (χ2n) is 11.8. The minimum Gasteiger partial charge on any atom is -0.469 e. The number of halogens is 1. The number of ether oxygens (including phenoxy) is 7. The van der Waals surface area contributed by atoms with Crippen molar-refractivity contribution in [3.63, 3.8) is 0 Å². The molecule has 3 aliphatic heterocycles. The molecule has 3 heterocycles. The molecular formula is C24H43ClO11Si. The summed E-state index contributed by atoms with van der Waals surface area (Å²) in [5.41, 5.74) is 0. The van der Waals surface area contributed by atoms with Crippen LogP contribution in [-0.2, 0) is 42.4 Å². The summed E-state index contributed by atoms with van der Waals surface area (Å²) in [5, 5.41) is 20.5. The largest absolute Gasteiger partial charge is 0.469 e. The lowest BCUT2D eigenvalue weighted by Crippen LogP contribution is -2.51. The molecule has 3 saturated heterocycles. The average molecular weight is 571 g/mol. The number of aliphatic hydroxyl groups is 2. The second-order valence-corrected chi connectivity index (χ2v) is 17.1. The fraction of sp³-hybridized carbons (Fsp3) is 0.958. The summed E-state index contributed by atoms with van der Waals surface area (Å²) < 4.78 is 46.1. The lowest BCUT2D eigenvalue weighted by Gasteiger charge is -2.41. The summed E-state index contributed by atoms with van der Waals surface area (Å²) in [5.74, 6) is -2.83. The fourth-order valence-electron chi connectivity index (χ4n) is 4.71. The van der Waals surface area contributed by atoms with Gasteiger partial charge in [0.2, 0.25) is 0 Å². The molecule has 10 atom stereocenters. The Bertz CT molecular complexity index is 791. The molecule has 0 aliphatic carbocycles. The topological polar surface area (TPSA) is 131 Å². The quantitative estimate of drug-likeness (QED) is 0.173. The van der Waals surface area contributed by atoms with Crippen molar-refractivity contribution in [2.24, 2.45) is 5.92 Å². The number of methoxy groups -OCH3 is 2. The van der Waals surface area contributed by atoms with Crippen LogP contribution in [0.15, 0.2) is 0 Å². The first kappa shape index (κ1) is 31.1. The average Bonchev–Trinajstić information content (AvgIpc) is 3.34. The van der Waals surface area contributed by atoms with Crippen molar-refractivity contribution < 1.29 is 52.6 Å². The molecule has 0 aromatic heterocycles. The third kappa shape index (κ3) is 6.68. The van der Waals surface area contributed by atoms with E-state index in [9.17, 15) is 15.0 Å². The van der Waals surface area contributed by atoms with Crippen molar-refractivity contribution in [2.45, 2.75) is 120 Å². The Balaban J connectivity index is 1.85. The van der Waals surface area contributed by atoms with Crippen LogP contribution in [0.2, 0.25) is 18.1 Å². The van der Waals surface area contributed by atoms with Crippen molar-refractivity contribution in [2.75, 3.05) is 21.0 Å². The van der Waals surface area contributed by atoms with Gasteiger partial charge in [0.25, 0.3) is 0 Å². The first-order valence-electron chi connectivity index (χ1n) is 12.6. The van der Waals surface area contributed by atoms with Gasteiger partial charge in [-0.3, -0.25) is 4.79 Å². The lowest BCUT2D eigenvalue weighted by molar-refractivity contribution is -0.218. The van der Waals surface area contributed by atoms with Crippen molar-refractivity contribution in [3.05, 3.63) is 0 Å². The molecule has 0 radical (unpaired) electrons. The number of fused-ring (bicyclic) bond motifs is 1. The molecule has 3 rings (SSSR count). The van der Waals surface area contributed by atoms with Crippen LogP contribution in [0.1, 0.15) is 41.0 Å². The molecule has 13 heteroatoms. The van der Waals surface area contributed by atoms with Gasteiger partial charge in [-0.25, -0.2) is 0 Å². The molecule has 11 nitrogen and oxygen atoms in total. The minimum atomic E-state index is -2.29. The normalized spacial score (nSPS) is 37.4. The summed E-state index contributed by atoms with van der Waals surface area (Å²) in [7, 11) is 0.346. The standard InChI is InChI=1S/C24H43ClO11Si/c1-23(2,3)37(8,9)36-16-13(32-22-19(16)34-24(4,5)35-22)10-12(26)14(20(27)30-7)17-18(31-11-29-6)15(25)21(28)33-17/h12-19,21-22,26,28H,10-11H2,1-9H3/t12-,13-,14+,15+,16+,17-,18-,19-,21?,22-/m1/s1. The van der Waals surface area contributed by atoms with Gasteiger partial charge in [0.05, 0.1) is 19.3 Å². The Morgan fingerprint density at radius 1 is 1.14 bits per heavy atom. The highest BCUT2D eigenvalue weighted by Crippen LogP contribution is 2.45. The van der Waals surface area contributed by atoms with Gasteiger partial charge in [-0.15, -0.1) is 11.6 Å². The number of rotatable bonds is 10. The smallest absolute Gasteiger partial charge is 0.314 e. The molecule has 37 heavy (non-hydrogen) atoms. The van der Waals surface area contributed by atoms with Crippen molar-refractivity contribution >= 4 is 25.9 Å². The van der Waals surface area contributed by atoms with Crippen LogP contribution in [0.5, 0.6) is 0 Å². The highest BCUT2D eigenvalue weighted by Gasteiger charge is 2.59. The molecule has 0 aromatic rings. The van der Waals surface area contributed by atoms with Crippen molar-refractivity contribution in [1.82, 2.24) is 0 Å². The highest BCUT2D eigenvalue weighted by molar-refractivity contribution is 6.74. The van der Waals surface area contributed by atoms with E-state index in [1.165, 1.54) is 14.2 Å². The number of aliphatic hydroxyl groups excluding tert-OH is 2. The first-order chi connectivity index (χ1) is 17.0. The predicted octanol–water partition coefficient (Wildman–Crippen LogP) is 2.11. The van der Waals surface area contributed by atoms with Gasteiger partial charge in [-0.05, 0) is 32.0 Å². The molecular weight excluding hydrogens is 528 g/mol. The van der Waals surface area contributed by atoms with Crippen LogP contribution >= 0.6 is 11.6 Å². The van der Waals surface area contributed by atoms with Crippen LogP contribution < -0.4 is 0 Å². The van der Waals surface area contributed by atoms with E-state index < -0.39 is 80.6 Å². The van der Waals surface area contributed by atoms with Crippen LogP contribution in [0, 0.1) is 5.92 Å². The maximum atomic E-state index is 12.9. The highest BCUT2D eigenvalue weighted by atomic mass is 35.5. The van der Waals surface area contributed by atoms with E-state index >= 15 is 0 Å². The summed E-state index contributed by atoms with van der Waals surface area (Å²) in [6, 6.07) is 0. The fourth-order valence-corrected chi connectivity index (χ4v) is 6.30. The van der Waals surface area contributed by atoms with E-state index in [0.717, 1.165) is 0 Å². The van der Waals surface area contributed by atoms with Crippen molar-refractivity contribution in [1.29, 1.82) is 0 Å². The van der Waals surface area contributed by atoms with Crippen LogP contribution in [0.3, 0.4) is 0 Å². The molecule has 216 valence electrons. The number of carbonyl (C=O) groups excluding carboxylic acids is 1. The maximum absolute atomic E-state index is 12.9. The number of esters is 1. The van der Waals surface area contributed by atoms with E-state index in [1.807, 2.05) is 0 Å². The van der Waals surface area contributed by atoms with Crippen LogP contribution in [0.25, 0.3) is 0 Å². The summed E-state index contributed by atoms with van der Waals surface area (Å²) in [6.45, 7) is 14.1. The zero-order valence-corrected chi connectivity index (χ0v) is 24.9. The van der Waals surface area contributed by atoms with E-state index in [1.54, 1.807) is 13.8 Å². The van der Waals surface area contributed by atoms with E-state index in [2.05, 4.69) is 33.9 Å². The SMILES string of the molecule is COCO[C@H]1[C@@H]([C@@H](C(=O)OC)[C@H](O)C[C@H]2O[C@@H]3OC(C)(C)O[C@@H]3[C@H]2O[Si](C)(C)C(C)(C)C)OC(O)[C@H]1Cl. The Labute approximate surface area is 225 Å². The monoisotopic (exact) mass is 570 g/mol. The molecule has 3 aliphatic rings. The molecule has 3 fully saturated rings. The maximum Gasteiger partial charge on any atom is 0.314 e. The summed E-state index contributed by atoms with van der Waals surface area (Å²) in [4.78, 5) is 12.9. The minimum absolute atomic E-state index is 0.0148. The third-order valence-corrected chi connectivity index (χ3v) is 12.6. The number of hydrogen-bond donors (Lipinski definition) is 2.